The van der Waals surface area contributed by atoms with Crippen LogP contribution >= 0.6 is 0 Å². The van der Waals surface area contributed by atoms with Crippen LogP contribution in [-0.4, -0.2) is 25.2 Å². The fourth-order valence-electron chi connectivity index (χ4n) is 3.75. The lowest BCUT2D eigenvalue weighted by Crippen LogP contribution is -2.29. The Morgan fingerprint density at radius 1 is 0.839 bits per heavy atom. The number of aromatic hydroxyl groups is 1. The zero-order valence-corrected chi connectivity index (χ0v) is 17.3. The third-order valence-corrected chi connectivity index (χ3v) is 5.29. The molecule has 0 aliphatic rings. The highest BCUT2D eigenvalue weighted by Gasteiger charge is 2.24. The monoisotopic (exact) mass is 413 g/mol. The third kappa shape index (κ3) is 4.03. The van der Waals surface area contributed by atoms with E-state index >= 15 is 0 Å². The van der Waals surface area contributed by atoms with Crippen LogP contribution in [0.5, 0.6) is 17.2 Å². The van der Waals surface area contributed by atoms with E-state index in [4.69, 9.17) is 9.47 Å². The Morgan fingerprint density at radius 3 is 2.29 bits per heavy atom. The quantitative estimate of drug-likeness (QED) is 0.462. The lowest BCUT2D eigenvalue weighted by Gasteiger charge is -2.23. The first kappa shape index (κ1) is 20.3. The molecule has 0 saturated heterocycles. The fourth-order valence-corrected chi connectivity index (χ4v) is 3.75. The summed E-state index contributed by atoms with van der Waals surface area (Å²) in [7, 11) is 3.14. The molecule has 0 radical (unpaired) electrons. The van der Waals surface area contributed by atoms with Gasteiger partial charge in [-0.25, -0.2) is 0 Å². The Balaban J connectivity index is 1.88. The van der Waals surface area contributed by atoms with Crippen LogP contribution in [0.1, 0.15) is 27.5 Å². The summed E-state index contributed by atoms with van der Waals surface area (Å²) in [6.45, 7) is 0. The molecule has 4 aromatic rings. The molecule has 0 fully saturated rings. The number of fused-ring (bicyclic) bond motifs is 1. The summed E-state index contributed by atoms with van der Waals surface area (Å²) in [4.78, 5) is 13.1. The topological polar surface area (TPSA) is 67.8 Å². The van der Waals surface area contributed by atoms with E-state index in [2.05, 4.69) is 5.32 Å². The zero-order valence-electron chi connectivity index (χ0n) is 17.3. The van der Waals surface area contributed by atoms with E-state index in [0.29, 0.717) is 22.6 Å². The van der Waals surface area contributed by atoms with E-state index in [1.54, 1.807) is 38.5 Å². The van der Waals surface area contributed by atoms with Gasteiger partial charge in [0.15, 0.2) is 11.5 Å². The molecular weight excluding hydrogens is 390 g/mol. The maximum Gasteiger partial charge on any atom is 0.252 e. The molecule has 2 N–H and O–H groups in total. The predicted molar refractivity (Wildman–Crippen MR) is 121 cm³/mol. The Kier molecular flexibility index (Phi) is 5.76. The molecule has 0 aliphatic carbocycles. The van der Waals surface area contributed by atoms with Crippen LogP contribution in [-0.2, 0) is 0 Å². The van der Waals surface area contributed by atoms with Crippen molar-refractivity contribution in [2.45, 2.75) is 6.04 Å². The average Bonchev–Trinajstić information content (AvgIpc) is 2.83. The zero-order chi connectivity index (χ0) is 21.8. The van der Waals surface area contributed by atoms with Gasteiger partial charge < -0.3 is 19.9 Å². The summed E-state index contributed by atoms with van der Waals surface area (Å²) < 4.78 is 10.8. The van der Waals surface area contributed by atoms with Crippen molar-refractivity contribution in [1.82, 2.24) is 5.32 Å². The number of methoxy groups -OCH3 is 2. The van der Waals surface area contributed by atoms with Crippen LogP contribution in [0.2, 0.25) is 0 Å². The normalized spacial score (nSPS) is 11.7. The third-order valence-electron chi connectivity index (χ3n) is 5.29. The predicted octanol–water partition coefficient (Wildman–Crippen LogP) is 5.08. The van der Waals surface area contributed by atoms with Crippen LogP contribution in [0.4, 0.5) is 0 Å². The molecule has 1 atom stereocenters. The van der Waals surface area contributed by atoms with Gasteiger partial charge in [-0.05, 0) is 46.7 Å². The van der Waals surface area contributed by atoms with Gasteiger partial charge in [0, 0.05) is 11.1 Å². The summed E-state index contributed by atoms with van der Waals surface area (Å²) in [5.41, 5.74) is 1.91. The van der Waals surface area contributed by atoms with Gasteiger partial charge >= 0.3 is 0 Å². The van der Waals surface area contributed by atoms with Crippen LogP contribution < -0.4 is 14.8 Å². The number of amides is 1. The van der Waals surface area contributed by atoms with Crippen molar-refractivity contribution < 1.29 is 19.4 Å². The summed E-state index contributed by atoms with van der Waals surface area (Å²) in [5.74, 6) is 0.986. The number of phenols is 1. The number of hydrogen-bond acceptors (Lipinski definition) is 4. The molecule has 0 unspecified atom stereocenters. The van der Waals surface area contributed by atoms with Crippen molar-refractivity contribution in [1.29, 1.82) is 0 Å². The molecule has 0 spiro atoms. The molecule has 5 heteroatoms. The van der Waals surface area contributed by atoms with Crippen molar-refractivity contribution in [3.05, 3.63) is 102 Å². The number of carbonyl (C=O) groups is 1. The Morgan fingerprint density at radius 2 is 1.55 bits per heavy atom. The van der Waals surface area contributed by atoms with E-state index in [0.717, 1.165) is 16.3 Å². The van der Waals surface area contributed by atoms with Gasteiger partial charge in [0.25, 0.3) is 5.91 Å². The smallest absolute Gasteiger partial charge is 0.252 e. The minimum absolute atomic E-state index is 0.104. The van der Waals surface area contributed by atoms with Crippen molar-refractivity contribution in [2.75, 3.05) is 14.2 Å². The Labute approximate surface area is 180 Å². The highest BCUT2D eigenvalue weighted by molar-refractivity contribution is 5.96. The minimum Gasteiger partial charge on any atom is -0.508 e. The molecule has 0 aromatic heterocycles. The van der Waals surface area contributed by atoms with Crippen molar-refractivity contribution in [3.8, 4) is 17.2 Å². The highest BCUT2D eigenvalue weighted by atomic mass is 16.5. The molecule has 31 heavy (non-hydrogen) atoms. The SMILES string of the molecule is COc1ccc([C@@H](NC(=O)c2ccccc2)c2c(O)ccc3ccccc23)cc1OC. The molecule has 0 heterocycles. The van der Waals surface area contributed by atoms with Crippen molar-refractivity contribution >= 4 is 16.7 Å². The van der Waals surface area contributed by atoms with E-state index in [1.165, 1.54) is 0 Å². The summed E-state index contributed by atoms with van der Waals surface area (Å²) in [6, 6.07) is 25.1. The average molecular weight is 413 g/mol. The van der Waals surface area contributed by atoms with Crippen LogP contribution in [0.3, 0.4) is 0 Å². The standard InChI is InChI=1S/C26H23NO4/c1-30-22-15-13-19(16-23(22)31-2)25(27-26(29)18-9-4-3-5-10-18)24-20-11-7-6-8-17(20)12-14-21(24)28/h3-16,25,28H,1-2H3,(H,27,29)/t25-/m1/s1. The number of hydrogen-bond donors (Lipinski definition) is 2. The van der Waals surface area contributed by atoms with Crippen LogP contribution in [0, 0.1) is 0 Å². The molecule has 4 aromatic carbocycles. The van der Waals surface area contributed by atoms with Crippen molar-refractivity contribution in [3.63, 3.8) is 0 Å². The number of carbonyl (C=O) groups excluding carboxylic acids is 1. The van der Waals surface area contributed by atoms with E-state index < -0.39 is 6.04 Å². The van der Waals surface area contributed by atoms with Crippen LogP contribution in [0.25, 0.3) is 10.8 Å². The molecule has 156 valence electrons. The van der Waals surface area contributed by atoms with E-state index in [9.17, 15) is 9.90 Å². The number of rotatable bonds is 6. The van der Waals surface area contributed by atoms with Crippen LogP contribution in [0.15, 0.2) is 84.9 Å². The number of ether oxygens (including phenoxy) is 2. The minimum atomic E-state index is -0.612. The maximum atomic E-state index is 13.1. The first-order chi connectivity index (χ1) is 15.1. The number of nitrogens with one attached hydrogen (secondary N) is 1. The highest BCUT2D eigenvalue weighted by Crippen LogP contribution is 2.38. The Bertz CT molecular complexity index is 1220. The number of benzene rings is 4. The second-order valence-electron chi connectivity index (χ2n) is 7.11. The largest absolute Gasteiger partial charge is 0.508 e. The molecule has 0 aliphatic heterocycles. The Hall–Kier alpha value is -3.99. The van der Waals surface area contributed by atoms with Gasteiger partial charge in [0.1, 0.15) is 5.75 Å². The van der Waals surface area contributed by atoms with Crippen molar-refractivity contribution in [2.24, 2.45) is 0 Å². The summed E-state index contributed by atoms with van der Waals surface area (Å²) in [6.07, 6.45) is 0. The molecule has 4 rings (SSSR count). The lowest BCUT2D eigenvalue weighted by molar-refractivity contribution is 0.0943. The molecule has 0 saturated carbocycles. The summed E-state index contributed by atoms with van der Waals surface area (Å²) >= 11 is 0. The summed E-state index contributed by atoms with van der Waals surface area (Å²) in [5, 5.41) is 15.8. The van der Waals surface area contributed by atoms with Gasteiger partial charge in [-0.1, -0.05) is 54.6 Å². The molecule has 5 nitrogen and oxygen atoms in total. The second-order valence-corrected chi connectivity index (χ2v) is 7.11. The lowest BCUT2D eigenvalue weighted by atomic mass is 9.92. The van der Waals surface area contributed by atoms with E-state index in [1.807, 2.05) is 60.7 Å². The van der Waals surface area contributed by atoms with E-state index in [-0.39, 0.29) is 11.7 Å². The second kappa shape index (κ2) is 8.79. The number of phenolic OH excluding ortho intramolecular Hbond substituents is 1. The first-order valence-corrected chi connectivity index (χ1v) is 9.91. The van der Waals surface area contributed by atoms with Gasteiger partial charge in [0.05, 0.1) is 20.3 Å². The molecular formula is C26H23NO4. The molecule has 1 amide bonds. The molecule has 0 bridgehead atoms. The first-order valence-electron chi connectivity index (χ1n) is 9.91. The van der Waals surface area contributed by atoms with Gasteiger partial charge in [-0.15, -0.1) is 0 Å². The van der Waals surface area contributed by atoms with Gasteiger partial charge in [0.2, 0.25) is 0 Å². The van der Waals surface area contributed by atoms with Gasteiger partial charge in [-0.3, -0.25) is 4.79 Å². The van der Waals surface area contributed by atoms with Gasteiger partial charge in [-0.2, -0.15) is 0 Å². The maximum absolute atomic E-state index is 13.1. The fraction of sp³-hybridized carbons (Fsp3) is 0.115.